The van der Waals surface area contributed by atoms with E-state index in [9.17, 15) is 14.9 Å². The molecule has 0 aromatic heterocycles. The number of allylic oxidation sites excluding steroid dienone is 1. The van der Waals surface area contributed by atoms with Crippen LogP contribution in [0, 0.1) is 16.0 Å². The van der Waals surface area contributed by atoms with Crippen LogP contribution in [0.4, 0.5) is 0 Å². The molecule has 0 heterocycles. The Hall–Kier alpha value is -1.97. The molecule has 0 atom stereocenters. The van der Waals surface area contributed by atoms with E-state index in [1.54, 1.807) is 38.1 Å². The molecule has 0 radical (unpaired) electrons. The first-order valence-corrected chi connectivity index (χ1v) is 4.97. The molecule has 0 unspecified atom stereocenters. The number of nitro groups is 1. The van der Waals surface area contributed by atoms with Gasteiger partial charge in [0.2, 0.25) is 5.78 Å². The second-order valence-corrected chi connectivity index (χ2v) is 3.72. The second kappa shape index (κ2) is 5.21. The summed E-state index contributed by atoms with van der Waals surface area (Å²) in [6, 6.07) is 8.79. The molecule has 0 amide bonds. The SMILES string of the molecule is CC(C)C(=O)/C(=C/c1ccccc1)[N+](=O)[O-]. The number of hydrogen-bond donors (Lipinski definition) is 0. The minimum Gasteiger partial charge on any atom is -0.287 e. The standard InChI is InChI=1S/C12H13NO3/c1-9(2)12(14)11(13(15)16)8-10-6-4-3-5-7-10/h3-9H,1-2H3/b11-8-. The van der Waals surface area contributed by atoms with Crippen LogP contribution in [0.1, 0.15) is 19.4 Å². The highest BCUT2D eigenvalue weighted by molar-refractivity contribution is 5.98. The first-order chi connectivity index (χ1) is 7.52. The number of ketones is 1. The number of hydrogen-bond acceptors (Lipinski definition) is 3. The molecule has 0 saturated heterocycles. The zero-order valence-electron chi connectivity index (χ0n) is 9.21. The summed E-state index contributed by atoms with van der Waals surface area (Å²) in [5.41, 5.74) is 0.296. The number of carbonyl (C=O) groups excluding carboxylic acids is 1. The van der Waals surface area contributed by atoms with Gasteiger partial charge in [-0.05, 0) is 5.56 Å². The van der Waals surface area contributed by atoms with Gasteiger partial charge in [-0.25, -0.2) is 0 Å². The highest BCUT2D eigenvalue weighted by Gasteiger charge is 2.24. The summed E-state index contributed by atoms with van der Waals surface area (Å²) in [6.07, 6.45) is 1.31. The minimum atomic E-state index is -0.630. The average molecular weight is 219 g/mol. The van der Waals surface area contributed by atoms with E-state index in [-0.39, 0.29) is 11.6 Å². The summed E-state index contributed by atoms with van der Waals surface area (Å²) >= 11 is 0. The van der Waals surface area contributed by atoms with Crippen molar-refractivity contribution in [2.45, 2.75) is 13.8 Å². The smallest absolute Gasteiger partial charge is 0.287 e. The molecule has 0 fully saturated rings. The summed E-state index contributed by atoms with van der Waals surface area (Å²) in [7, 11) is 0. The molecule has 4 heteroatoms. The van der Waals surface area contributed by atoms with E-state index in [0.29, 0.717) is 5.56 Å². The lowest BCUT2D eigenvalue weighted by Crippen LogP contribution is -2.16. The fraction of sp³-hybridized carbons (Fsp3) is 0.250. The number of benzene rings is 1. The maximum absolute atomic E-state index is 11.6. The van der Waals surface area contributed by atoms with Gasteiger partial charge in [0.1, 0.15) is 0 Å². The van der Waals surface area contributed by atoms with Crippen LogP contribution in [0.5, 0.6) is 0 Å². The highest BCUT2D eigenvalue weighted by atomic mass is 16.6. The summed E-state index contributed by atoms with van der Waals surface area (Å²) in [6.45, 7) is 3.29. The Kier molecular flexibility index (Phi) is 3.94. The molecule has 0 bridgehead atoms. The monoisotopic (exact) mass is 219 g/mol. The third kappa shape index (κ3) is 3.02. The van der Waals surface area contributed by atoms with E-state index in [4.69, 9.17) is 0 Å². The van der Waals surface area contributed by atoms with E-state index in [2.05, 4.69) is 0 Å². The molecule has 0 aliphatic carbocycles. The zero-order valence-corrected chi connectivity index (χ0v) is 9.21. The van der Waals surface area contributed by atoms with Crippen molar-refractivity contribution in [2.24, 2.45) is 5.92 Å². The molecule has 1 rings (SSSR count). The van der Waals surface area contributed by atoms with E-state index < -0.39 is 10.7 Å². The molecule has 16 heavy (non-hydrogen) atoms. The van der Waals surface area contributed by atoms with Crippen molar-refractivity contribution in [3.63, 3.8) is 0 Å². The Labute approximate surface area is 93.7 Å². The van der Waals surface area contributed by atoms with Crippen LogP contribution in [-0.4, -0.2) is 10.7 Å². The van der Waals surface area contributed by atoms with Crippen molar-refractivity contribution < 1.29 is 9.72 Å². The summed E-state index contributed by atoms with van der Waals surface area (Å²) in [5.74, 6) is -0.825. The van der Waals surface area contributed by atoms with Gasteiger partial charge in [-0.2, -0.15) is 0 Å². The Balaban J connectivity index is 3.09. The molecular weight excluding hydrogens is 206 g/mol. The predicted molar refractivity (Wildman–Crippen MR) is 61.3 cm³/mol. The first kappa shape index (κ1) is 12.1. The fourth-order valence-electron chi connectivity index (χ4n) is 1.22. The van der Waals surface area contributed by atoms with Crippen LogP contribution in [0.3, 0.4) is 0 Å². The topological polar surface area (TPSA) is 60.2 Å². The quantitative estimate of drug-likeness (QED) is 0.444. The molecule has 0 aliphatic heterocycles. The molecular formula is C12H13NO3. The summed E-state index contributed by atoms with van der Waals surface area (Å²) < 4.78 is 0. The molecule has 0 saturated carbocycles. The van der Waals surface area contributed by atoms with Crippen molar-refractivity contribution >= 4 is 11.9 Å². The zero-order chi connectivity index (χ0) is 12.1. The van der Waals surface area contributed by atoms with Gasteiger partial charge in [-0.1, -0.05) is 44.2 Å². The Bertz CT molecular complexity index is 421. The van der Waals surface area contributed by atoms with E-state index in [0.717, 1.165) is 0 Å². The maximum Gasteiger partial charge on any atom is 0.312 e. The van der Waals surface area contributed by atoms with Gasteiger partial charge in [-0.15, -0.1) is 0 Å². The molecule has 1 aromatic carbocycles. The Morgan fingerprint density at radius 1 is 1.31 bits per heavy atom. The predicted octanol–water partition coefficient (Wildman–Crippen LogP) is 2.53. The van der Waals surface area contributed by atoms with Crippen molar-refractivity contribution in [3.05, 3.63) is 51.7 Å². The van der Waals surface area contributed by atoms with Crippen LogP contribution in [0.15, 0.2) is 36.0 Å². The van der Waals surface area contributed by atoms with Crippen LogP contribution >= 0.6 is 0 Å². The van der Waals surface area contributed by atoms with Gasteiger partial charge in [-0.3, -0.25) is 14.9 Å². The second-order valence-electron chi connectivity index (χ2n) is 3.72. The van der Waals surface area contributed by atoms with Gasteiger partial charge in [0.25, 0.3) is 0 Å². The lowest BCUT2D eigenvalue weighted by atomic mass is 10.0. The maximum atomic E-state index is 11.6. The van der Waals surface area contributed by atoms with Gasteiger partial charge in [0.15, 0.2) is 0 Å². The normalized spacial score (nSPS) is 11.6. The lowest BCUT2D eigenvalue weighted by Gasteiger charge is -2.01. The van der Waals surface area contributed by atoms with E-state index in [1.165, 1.54) is 6.08 Å². The van der Waals surface area contributed by atoms with Gasteiger partial charge < -0.3 is 0 Å². The van der Waals surface area contributed by atoms with Gasteiger partial charge >= 0.3 is 5.70 Å². The highest BCUT2D eigenvalue weighted by Crippen LogP contribution is 2.12. The van der Waals surface area contributed by atoms with Crippen molar-refractivity contribution in [2.75, 3.05) is 0 Å². The number of nitrogens with zero attached hydrogens (tertiary/aromatic N) is 1. The summed E-state index contributed by atoms with van der Waals surface area (Å²) in [5, 5.41) is 10.8. The van der Waals surface area contributed by atoms with Gasteiger partial charge in [0, 0.05) is 12.0 Å². The fourth-order valence-corrected chi connectivity index (χ4v) is 1.22. The average Bonchev–Trinajstić information content (AvgIpc) is 2.26. The van der Waals surface area contributed by atoms with Crippen molar-refractivity contribution in [1.82, 2.24) is 0 Å². The van der Waals surface area contributed by atoms with Gasteiger partial charge in [0.05, 0.1) is 4.92 Å². The van der Waals surface area contributed by atoms with Crippen LogP contribution < -0.4 is 0 Å². The number of rotatable bonds is 4. The molecule has 0 aliphatic rings. The third-order valence-corrected chi connectivity index (χ3v) is 2.08. The molecule has 1 aromatic rings. The molecule has 0 spiro atoms. The first-order valence-electron chi connectivity index (χ1n) is 4.97. The van der Waals surface area contributed by atoms with Crippen molar-refractivity contribution in [3.8, 4) is 0 Å². The van der Waals surface area contributed by atoms with Crippen LogP contribution in [-0.2, 0) is 4.79 Å². The lowest BCUT2D eigenvalue weighted by molar-refractivity contribution is -0.417. The van der Waals surface area contributed by atoms with Crippen LogP contribution in [0.2, 0.25) is 0 Å². The Morgan fingerprint density at radius 2 is 1.88 bits per heavy atom. The summed E-state index contributed by atoms with van der Waals surface area (Å²) in [4.78, 5) is 21.7. The molecule has 84 valence electrons. The number of Topliss-reactive ketones (excluding diaryl/α,β-unsaturated/α-hetero) is 1. The Morgan fingerprint density at radius 3 is 2.31 bits per heavy atom. The van der Waals surface area contributed by atoms with Crippen molar-refractivity contribution in [1.29, 1.82) is 0 Å². The molecule has 4 nitrogen and oxygen atoms in total. The van der Waals surface area contributed by atoms with Crippen LogP contribution in [0.25, 0.3) is 6.08 Å². The number of carbonyl (C=O) groups is 1. The molecule has 0 N–H and O–H groups in total. The van der Waals surface area contributed by atoms with E-state index in [1.807, 2.05) is 6.07 Å². The van der Waals surface area contributed by atoms with E-state index >= 15 is 0 Å². The largest absolute Gasteiger partial charge is 0.312 e. The third-order valence-electron chi connectivity index (χ3n) is 2.08. The minimum absolute atomic E-state index is 0.360.